The number of carbonyl (C=O) groups is 4. The summed E-state index contributed by atoms with van der Waals surface area (Å²) in [7, 11) is 4.98. The van der Waals surface area contributed by atoms with Crippen LogP contribution in [0.25, 0.3) is 122 Å². The first kappa shape index (κ1) is 103. The molecule has 756 valence electrons. The number of aryl methyl sites for hydroxylation is 6. The van der Waals surface area contributed by atoms with Crippen molar-refractivity contribution in [3.8, 4) is 121 Å². The van der Waals surface area contributed by atoms with Gasteiger partial charge in [-0.05, 0) is 227 Å². The lowest BCUT2D eigenvalue weighted by Crippen LogP contribution is -2.27. The van der Waals surface area contributed by atoms with Gasteiger partial charge in [0, 0.05) is 131 Å². The van der Waals surface area contributed by atoms with Gasteiger partial charge in [-0.15, -0.1) is 0 Å². The third-order valence-corrected chi connectivity index (χ3v) is 28.6. The largest absolute Gasteiger partial charge is 0.497 e. The number of carbonyl (C=O) groups excluding carboxylic acids is 4. The van der Waals surface area contributed by atoms with Crippen molar-refractivity contribution >= 4 is 117 Å². The summed E-state index contributed by atoms with van der Waals surface area (Å²) in [6, 6.07) is 90.9. The molecular formula is C119H110N16O14S. The minimum atomic E-state index is -3.22. The number of methoxy groups -OCH3 is 5. The van der Waals surface area contributed by atoms with Crippen molar-refractivity contribution in [2.45, 2.75) is 113 Å². The number of hydrogen-bond acceptors (Lipinski definition) is 20. The van der Waals surface area contributed by atoms with Crippen molar-refractivity contribution in [2.24, 2.45) is 5.92 Å². The number of nitriles is 4. The molecule has 1 saturated heterocycles. The number of ether oxygens (including phenoxy) is 5. The van der Waals surface area contributed by atoms with Gasteiger partial charge in [0.25, 0.3) is 11.8 Å². The van der Waals surface area contributed by atoms with E-state index in [2.05, 4.69) is 99.3 Å². The number of nitrogens with zero attached hydrogens (tertiary/aromatic N) is 12. The zero-order chi connectivity index (χ0) is 105. The van der Waals surface area contributed by atoms with Crippen molar-refractivity contribution in [1.82, 2.24) is 33.0 Å². The van der Waals surface area contributed by atoms with Crippen LogP contribution in [-0.2, 0) is 58.8 Å². The van der Waals surface area contributed by atoms with Crippen LogP contribution in [0.15, 0.2) is 293 Å². The third-order valence-electron chi connectivity index (χ3n) is 26.7. The number of benzene rings is 11. The second-order valence-electron chi connectivity index (χ2n) is 35.6. The van der Waals surface area contributed by atoms with Crippen molar-refractivity contribution in [2.75, 3.05) is 73.4 Å². The van der Waals surface area contributed by atoms with Crippen LogP contribution in [0.4, 0.5) is 28.4 Å². The van der Waals surface area contributed by atoms with E-state index in [9.17, 15) is 48.6 Å². The van der Waals surface area contributed by atoms with Crippen LogP contribution >= 0.6 is 0 Å². The summed E-state index contributed by atoms with van der Waals surface area (Å²) >= 11 is 0. The highest BCUT2D eigenvalue weighted by Gasteiger charge is 2.32. The van der Waals surface area contributed by atoms with Crippen LogP contribution in [0, 0.1) is 58.2 Å². The summed E-state index contributed by atoms with van der Waals surface area (Å²) in [5.74, 6) is 5.07. The van der Waals surface area contributed by atoms with Gasteiger partial charge in [-0.2, -0.15) is 21.0 Å². The van der Waals surface area contributed by atoms with E-state index in [0.29, 0.717) is 83.3 Å². The molecule has 11 aromatic carbocycles. The second-order valence-corrected chi connectivity index (χ2v) is 37.6. The minimum Gasteiger partial charge on any atom is -0.497 e. The smallest absolute Gasteiger partial charge is 0.291 e. The fourth-order valence-corrected chi connectivity index (χ4v) is 20.9. The summed E-state index contributed by atoms with van der Waals surface area (Å²) in [4.78, 5) is 53.1. The average molecular weight is 2020 g/mol. The van der Waals surface area contributed by atoms with Crippen LogP contribution in [0.2, 0.25) is 0 Å². The molecule has 31 heteroatoms. The third kappa shape index (κ3) is 21.4. The Morgan fingerprint density at radius 1 is 0.427 bits per heavy atom. The van der Waals surface area contributed by atoms with Crippen molar-refractivity contribution < 1.29 is 64.6 Å². The van der Waals surface area contributed by atoms with E-state index in [-0.39, 0.29) is 46.8 Å². The molecule has 19 aromatic rings. The van der Waals surface area contributed by atoms with Crippen LogP contribution in [-0.4, -0.2) is 113 Å². The fraction of sp³-hybridized carbons (Fsp3) is 0.210. The number of anilines is 5. The van der Waals surface area contributed by atoms with Crippen molar-refractivity contribution in [3.05, 3.63) is 325 Å². The molecule has 2 fully saturated rings. The molecule has 0 atom stereocenters. The predicted octanol–water partition coefficient (Wildman–Crippen LogP) is 25.1. The van der Waals surface area contributed by atoms with E-state index < -0.39 is 10.0 Å². The zero-order valence-corrected chi connectivity index (χ0v) is 85.6. The van der Waals surface area contributed by atoms with Gasteiger partial charge in [0.15, 0.2) is 23.6 Å². The van der Waals surface area contributed by atoms with Crippen LogP contribution in [0.5, 0.6) is 28.7 Å². The normalized spacial score (nSPS) is 12.3. The molecule has 4 N–H and O–H groups in total. The Hall–Kier alpha value is -18.6. The van der Waals surface area contributed by atoms with Gasteiger partial charge in [0.1, 0.15) is 58.8 Å². The topological polar surface area (TPSA) is 385 Å². The summed E-state index contributed by atoms with van der Waals surface area (Å²) in [6.45, 7) is 16.3. The standard InChI is InChI=1S/C26H23N3O2.C24H25N3O4S.C23H20N4O3.C23H19N3O3.C23H23N3O2/c1-3-29-24-16-21(31-2)13-14-22(24)23(17-27)26(29)19-9-11-20(12-10-19)28-25(30)15-18-7-5-4-6-8-18;1-3-11-26-21-14-19(30-2)9-10-20(21)23(22-15-25-16-31-22)24(26)17-5-7-18(8-6-17)27-12-4-13-32(27,28)29;1-4-27-21-12-17(29-3)9-10-18(21)19(13-24)22(27)15-5-7-16(8-6-15)25-23(28)20-11-14(2)30-26-20;1-3-26-20-13-17(28-2)10-11-18(20)19(14-24)22(26)15-6-8-16(9-7-15)25-23(27)21-5-4-12-29-21;1-3-26-21-13-18(28-2)11-12-19(21)20(14-24)22(26)15-7-9-17(10-8-15)25-23(27)16-5-4-6-16/h4-14,16H,3,15H2,1-2H3,(H,28,30);5-10,14-16H,3-4,11-13H2,1-2H3;5-12H,4H2,1-3H3,(H,25,28);4-13H,3H2,1-2H3,(H,25,27);7-13,16H,3-6H2,1-2H3,(H,25,27). The molecule has 1 aliphatic heterocycles. The number of hydrogen-bond donors (Lipinski definition) is 4. The molecule has 30 nitrogen and oxygen atoms in total. The van der Waals surface area contributed by atoms with E-state index in [4.69, 9.17) is 37.0 Å². The van der Waals surface area contributed by atoms with Gasteiger partial charge in [-0.25, -0.2) is 13.4 Å². The molecule has 0 bridgehead atoms. The number of rotatable bonds is 27. The number of sulfonamides is 1. The maximum atomic E-state index is 12.3. The molecule has 8 aromatic heterocycles. The predicted molar refractivity (Wildman–Crippen MR) is 583 cm³/mol. The first-order chi connectivity index (χ1) is 73.0. The Labute approximate surface area is 867 Å². The van der Waals surface area contributed by atoms with E-state index in [1.165, 1.54) is 17.0 Å². The minimum absolute atomic E-state index is 0.0635. The molecular weight excluding hydrogens is 1910 g/mol. The number of nitrogens with one attached hydrogen (secondary N) is 4. The maximum Gasteiger partial charge on any atom is 0.291 e. The number of furan rings is 1. The molecule has 1 aliphatic carbocycles. The van der Waals surface area contributed by atoms with Gasteiger partial charge < -0.3 is 81.1 Å². The van der Waals surface area contributed by atoms with Gasteiger partial charge in [-0.1, -0.05) is 109 Å². The molecule has 0 spiro atoms. The van der Waals surface area contributed by atoms with Gasteiger partial charge in [0.05, 0.1) is 150 Å². The molecule has 0 radical (unpaired) electrons. The van der Waals surface area contributed by atoms with Crippen LogP contribution in [0.3, 0.4) is 0 Å². The van der Waals surface area contributed by atoms with Crippen molar-refractivity contribution in [3.63, 3.8) is 0 Å². The lowest BCUT2D eigenvalue weighted by atomic mass is 9.85. The van der Waals surface area contributed by atoms with Gasteiger partial charge >= 0.3 is 0 Å². The van der Waals surface area contributed by atoms with E-state index >= 15 is 0 Å². The fourth-order valence-electron chi connectivity index (χ4n) is 19.3. The summed E-state index contributed by atoms with van der Waals surface area (Å²) in [6.07, 6.45) is 9.66. The number of fused-ring (bicyclic) bond motifs is 5. The molecule has 4 amide bonds. The maximum absolute atomic E-state index is 12.3. The van der Waals surface area contributed by atoms with E-state index in [1.807, 2.05) is 244 Å². The van der Waals surface area contributed by atoms with Crippen LogP contribution in [0.1, 0.15) is 121 Å². The van der Waals surface area contributed by atoms with E-state index in [1.54, 1.807) is 79.0 Å². The molecule has 150 heavy (non-hydrogen) atoms. The zero-order valence-electron chi connectivity index (χ0n) is 84.8. The Morgan fingerprint density at radius 2 is 0.820 bits per heavy atom. The highest BCUT2D eigenvalue weighted by molar-refractivity contribution is 7.93. The molecule has 2 aliphatic rings. The van der Waals surface area contributed by atoms with Crippen LogP contribution < -0.4 is 49.3 Å². The Morgan fingerprint density at radius 3 is 1.17 bits per heavy atom. The highest BCUT2D eigenvalue weighted by Crippen LogP contribution is 2.46. The lowest BCUT2D eigenvalue weighted by molar-refractivity contribution is -0.122. The summed E-state index contributed by atoms with van der Waals surface area (Å²) in [5, 5.41) is 59.3. The van der Waals surface area contributed by atoms with E-state index in [0.717, 1.165) is 207 Å². The molecule has 0 unspecified atom stereocenters. The number of aromatic nitrogens is 7. The first-order valence-electron chi connectivity index (χ1n) is 49.3. The lowest BCUT2D eigenvalue weighted by Gasteiger charge is -2.24. The summed E-state index contributed by atoms with van der Waals surface area (Å²) in [5.41, 5.74) is 22.2. The SMILES string of the molecule is CCCn1c(-c2ccc(N3CCCS3(=O)=O)cc2)c(-c2cnco2)c2ccc(OC)cc21.CCn1c(-c2ccc(NC(=O)C3CCC3)cc2)c(C#N)c2ccc(OC)cc21.CCn1c(-c2ccc(NC(=O)Cc3ccccc3)cc2)c(C#N)c2ccc(OC)cc21.CCn1c(-c2ccc(NC(=O)c3cc(C)on3)cc2)c(C#N)c2ccc(OC)cc21.CCn1c(-c2ccc(NC(=O)c3ccco3)cc2)c(C#N)c2ccc(OC)cc21. The Bertz CT molecular complexity index is 8480. The molecule has 1 saturated carbocycles. The number of oxazole rings is 1. The highest BCUT2D eigenvalue weighted by atomic mass is 32.2. The Kier molecular flexibility index (Phi) is 31.7. The molecule has 9 heterocycles. The second kappa shape index (κ2) is 46.2. The van der Waals surface area contributed by atoms with Gasteiger partial charge in [0.2, 0.25) is 21.8 Å². The molecule has 21 rings (SSSR count). The quantitative estimate of drug-likeness (QED) is 0.0371. The van der Waals surface area contributed by atoms with Gasteiger partial charge in [-0.3, -0.25) is 23.5 Å². The van der Waals surface area contributed by atoms with Crippen molar-refractivity contribution in [1.29, 1.82) is 21.0 Å². The first-order valence-corrected chi connectivity index (χ1v) is 50.9. The Balaban J connectivity index is 0.000000128. The summed E-state index contributed by atoms with van der Waals surface area (Å²) < 4.78 is 79.6. The average Bonchev–Trinajstić information content (AvgIpc) is 1.59. The monoisotopic (exact) mass is 2020 g/mol. The number of amides is 4.